The van der Waals surface area contributed by atoms with Crippen molar-refractivity contribution >= 4 is 0 Å². The quantitative estimate of drug-likeness (QED) is 0.753. The van der Waals surface area contributed by atoms with Gasteiger partial charge in [-0.3, -0.25) is 4.90 Å². The van der Waals surface area contributed by atoms with Crippen molar-refractivity contribution in [1.82, 2.24) is 15.0 Å². The Morgan fingerprint density at radius 3 is 2.78 bits per heavy atom. The molecular weight excluding hydrogens is 340 g/mol. The molecule has 1 aliphatic rings. The highest BCUT2D eigenvalue weighted by Crippen LogP contribution is 2.32. The molecule has 4 rings (SSSR count). The summed E-state index contributed by atoms with van der Waals surface area (Å²) in [5.74, 6) is 1.18. The van der Waals surface area contributed by atoms with E-state index in [0.29, 0.717) is 43.2 Å². The molecule has 0 aliphatic carbocycles. The first-order valence-electron chi connectivity index (χ1n) is 8.99. The van der Waals surface area contributed by atoms with Gasteiger partial charge in [-0.1, -0.05) is 47.6 Å². The summed E-state index contributed by atoms with van der Waals surface area (Å²) < 4.78 is 5.52. The predicted octanol–water partition coefficient (Wildman–Crippen LogP) is 2.84. The minimum absolute atomic E-state index is 0.122. The Labute approximate surface area is 157 Å². The van der Waals surface area contributed by atoms with Gasteiger partial charge >= 0.3 is 0 Å². The predicted molar refractivity (Wildman–Crippen MR) is 98.5 cm³/mol. The fraction of sp³-hybridized carbons (Fsp3) is 0.286. The number of aliphatic hydroxyl groups excluding tert-OH is 1. The zero-order valence-corrected chi connectivity index (χ0v) is 14.8. The van der Waals surface area contributed by atoms with Crippen molar-refractivity contribution in [3.8, 4) is 6.07 Å². The first kappa shape index (κ1) is 17.4. The third-order valence-corrected chi connectivity index (χ3v) is 4.80. The third-order valence-electron chi connectivity index (χ3n) is 4.80. The molecule has 1 N–H and O–H groups in total. The van der Waals surface area contributed by atoms with Crippen LogP contribution in [-0.4, -0.2) is 32.8 Å². The largest absolute Gasteiger partial charge is 0.392 e. The van der Waals surface area contributed by atoms with E-state index in [2.05, 4.69) is 21.1 Å². The first-order chi connectivity index (χ1) is 13.2. The number of β-amino-alcohol motifs (C(OH)–C–C–N with tert-alkyl or cyclic N) is 1. The van der Waals surface area contributed by atoms with Gasteiger partial charge in [0.15, 0.2) is 5.82 Å². The second-order valence-electron chi connectivity index (χ2n) is 6.86. The van der Waals surface area contributed by atoms with Gasteiger partial charge in [-0.15, -0.1) is 0 Å². The molecule has 1 fully saturated rings. The topological polar surface area (TPSA) is 86.2 Å². The third kappa shape index (κ3) is 4.05. The molecule has 1 aliphatic heterocycles. The van der Waals surface area contributed by atoms with Gasteiger partial charge in [0.25, 0.3) is 0 Å². The number of hydrogen-bond donors (Lipinski definition) is 1. The number of hydrogen-bond acceptors (Lipinski definition) is 6. The Hall–Kier alpha value is -3.01. The fourth-order valence-electron chi connectivity index (χ4n) is 3.54. The van der Waals surface area contributed by atoms with Crippen LogP contribution in [0.5, 0.6) is 0 Å². The van der Waals surface area contributed by atoms with E-state index < -0.39 is 6.10 Å². The Bertz CT molecular complexity index is 948. The molecule has 0 radical (unpaired) electrons. The molecular formula is C21H20N4O2. The normalized spacial score (nSPS) is 19.9. The minimum atomic E-state index is -0.432. The highest BCUT2D eigenvalue weighted by Gasteiger charge is 2.35. The number of aromatic nitrogens is 2. The van der Waals surface area contributed by atoms with E-state index in [1.807, 2.05) is 48.5 Å². The van der Waals surface area contributed by atoms with Crippen LogP contribution in [-0.2, 0) is 13.0 Å². The molecule has 136 valence electrons. The average Bonchev–Trinajstić information content (AvgIpc) is 3.29. The van der Waals surface area contributed by atoms with Gasteiger partial charge in [0.05, 0.1) is 23.8 Å². The van der Waals surface area contributed by atoms with Crippen LogP contribution in [0.3, 0.4) is 0 Å². The molecule has 6 heteroatoms. The fourth-order valence-corrected chi connectivity index (χ4v) is 3.54. The lowest BCUT2D eigenvalue weighted by Gasteiger charge is -2.21. The average molecular weight is 360 g/mol. The lowest BCUT2D eigenvalue weighted by Crippen LogP contribution is -2.24. The summed E-state index contributed by atoms with van der Waals surface area (Å²) in [5, 5.41) is 23.4. The van der Waals surface area contributed by atoms with Crippen LogP contribution in [0.25, 0.3) is 0 Å². The highest BCUT2D eigenvalue weighted by molar-refractivity contribution is 5.32. The molecule has 0 amide bonds. The first-order valence-corrected chi connectivity index (χ1v) is 8.99. The second-order valence-corrected chi connectivity index (χ2v) is 6.86. The van der Waals surface area contributed by atoms with Crippen LogP contribution in [0, 0.1) is 11.3 Å². The smallest absolute Gasteiger partial charge is 0.244 e. The monoisotopic (exact) mass is 360 g/mol. The zero-order valence-electron chi connectivity index (χ0n) is 14.8. The van der Waals surface area contributed by atoms with Crippen molar-refractivity contribution in [2.45, 2.75) is 31.5 Å². The zero-order chi connectivity index (χ0) is 18.6. The second kappa shape index (κ2) is 7.70. The molecule has 2 atom stereocenters. The van der Waals surface area contributed by atoms with Crippen molar-refractivity contribution in [2.24, 2.45) is 0 Å². The summed E-state index contributed by atoms with van der Waals surface area (Å²) in [6.45, 7) is 1.16. The summed E-state index contributed by atoms with van der Waals surface area (Å²) in [6.07, 6.45) is 0.744. The number of rotatable bonds is 5. The Morgan fingerprint density at radius 1 is 1.15 bits per heavy atom. The molecule has 2 heterocycles. The standard InChI is InChI=1S/C21H20N4O2/c22-12-16-7-4-8-17(9-16)13-25-14-18(26)11-19(25)21-23-20(24-27-21)10-15-5-2-1-3-6-15/h1-9,18-19,26H,10-11,13-14H2/t18-,19+/m1/s1. The molecule has 6 nitrogen and oxygen atoms in total. The van der Waals surface area contributed by atoms with Gasteiger partial charge < -0.3 is 9.63 Å². The van der Waals surface area contributed by atoms with E-state index in [-0.39, 0.29) is 6.04 Å². The van der Waals surface area contributed by atoms with Crippen LogP contribution in [0.1, 0.15) is 40.9 Å². The van der Waals surface area contributed by atoms with E-state index in [4.69, 9.17) is 9.78 Å². The van der Waals surface area contributed by atoms with Crippen LogP contribution >= 0.6 is 0 Å². The van der Waals surface area contributed by atoms with Crippen LogP contribution in [0.15, 0.2) is 59.1 Å². The summed E-state index contributed by atoms with van der Waals surface area (Å²) in [4.78, 5) is 6.69. The lowest BCUT2D eigenvalue weighted by molar-refractivity contribution is 0.169. The number of benzene rings is 2. The molecule has 1 aromatic heterocycles. The summed E-state index contributed by atoms with van der Waals surface area (Å²) in [5.41, 5.74) is 2.78. The number of nitriles is 1. The van der Waals surface area contributed by atoms with Gasteiger partial charge in [-0.2, -0.15) is 10.2 Å². The molecule has 0 unspecified atom stereocenters. The van der Waals surface area contributed by atoms with Gasteiger partial charge in [-0.25, -0.2) is 0 Å². The van der Waals surface area contributed by atoms with E-state index in [9.17, 15) is 5.11 Å². The van der Waals surface area contributed by atoms with Crippen LogP contribution < -0.4 is 0 Å². The van der Waals surface area contributed by atoms with Crippen molar-refractivity contribution < 1.29 is 9.63 Å². The summed E-state index contributed by atoms with van der Waals surface area (Å²) in [7, 11) is 0. The van der Waals surface area contributed by atoms with Crippen molar-refractivity contribution in [2.75, 3.05) is 6.54 Å². The SMILES string of the molecule is N#Cc1cccc(CN2C[C@H](O)C[C@H]2c2nc(Cc3ccccc3)no2)c1. The van der Waals surface area contributed by atoms with Crippen LogP contribution in [0.4, 0.5) is 0 Å². The maximum atomic E-state index is 10.2. The van der Waals surface area contributed by atoms with Gasteiger partial charge in [0.2, 0.25) is 5.89 Å². The number of likely N-dealkylation sites (tertiary alicyclic amines) is 1. The molecule has 0 bridgehead atoms. The van der Waals surface area contributed by atoms with Gasteiger partial charge in [0.1, 0.15) is 0 Å². The van der Waals surface area contributed by atoms with E-state index in [0.717, 1.165) is 11.1 Å². The lowest BCUT2D eigenvalue weighted by atomic mass is 10.1. The molecule has 0 saturated carbocycles. The number of nitrogens with zero attached hydrogens (tertiary/aromatic N) is 4. The highest BCUT2D eigenvalue weighted by atomic mass is 16.5. The Balaban J connectivity index is 1.50. The molecule has 3 aromatic rings. The Morgan fingerprint density at radius 2 is 1.96 bits per heavy atom. The maximum Gasteiger partial charge on any atom is 0.244 e. The molecule has 2 aromatic carbocycles. The molecule has 27 heavy (non-hydrogen) atoms. The summed E-state index contributed by atoms with van der Waals surface area (Å²) in [6, 6.07) is 19.6. The van der Waals surface area contributed by atoms with Crippen molar-refractivity contribution in [1.29, 1.82) is 5.26 Å². The van der Waals surface area contributed by atoms with Gasteiger partial charge in [0, 0.05) is 19.5 Å². The van der Waals surface area contributed by atoms with E-state index in [1.54, 1.807) is 6.07 Å². The maximum absolute atomic E-state index is 10.2. The number of aliphatic hydroxyl groups is 1. The van der Waals surface area contributed by atoms with Crippen molar-refractivity contribution in [3.63, 3.8) is 0 Å². The van der Waals surface area contributed by atoms with Gasteiger partial charge in [-0.05, 0) is 29.7 Å². The molecule has 1 saturated heterocycles. The minimum Gasteiger partial charge on any atom is -0.392 e. The molecule has 0 spiro atoms. The van der Waals surface area contributed by atoms with E-state index in [1.165, 1.54) is 0 Å². The van der Waals surface area contributed by atoms with Crippen LogP contribution in [0.2, 0.25) is 0 Å². The Kier molecular flexibility index (Phi) is 4.97. The van der Waals surface area contributed by atoms with E-state index >= 15 is 0 Å². The summed E-state index contributed by atoms with van der Waals surface area (Å²) >= 11 is 0. The van der Waals surface area contributed by atoms with Crippen molar-refractivity contribution in [3.05, 3.63) is 83.0 Å².